The first-order valence-electron chi connectivity index (χ1n) is 3.68. The Labute approximate surface area is 97.3 Å². The summed E-state index contributed by atoms with van der Waals surface area (Å²) in [5.74, 6) is 0. The molecule has 1 aromatic rings. The molecule has 1 rings (SSSR count). The molecule has 0 aliphatic heterocycles. The van der Waals surface area contributed by atoms with Gasteiger partial charge in [-0.15, -0.1) is 0 Å². The number of primary sulfonamides is 2. The fraction of sp³-hybridized carbons (Fsp3) is 0. The van der Waals surface area contributed by atoms with Crippen LogP contribution < -0.4 is 16.0 Å². The number of rotatable bonds is 2. The second-order valence-corrected chi connectivity index (χ2v) is 6.40. The fourth-order valence-electron chi connectivity index (χ4n) is 1.04. The van der Waals surface area contributed by atoms with Crippen molar-refractivity contribution in [2.45, 2.75) is 9.79 Å². The summed E-state index contributed by atoms with van der Waals surface area (Å²) in [4.78, 5) is -1.16. The monoisotopic (exact) mass is 285 g/mol. The molecule has 7 nitrogen and oxygen atoms in total. The molecular weight excluding hydrogens is 278 g/mol. The van der Waals surface area contributed by atoms with Gasteiger partial charge in [-0.2, -0.15) is 0 Å². The van der Waals surface area contributed by atoms with Gasteiger partial charge in [0.2, 0.25) is 20.0 Å². The molecule has 0 spiro atoms. The molecule has 0 aliphatic rings. The Morgan fingerprint density at radius 1 is 0.938 bits per heavy atom. The van der Waals surface area contributed by atoms with Gasteiger partial charge in [0.05, 0.1) is 5.69 Å². The Bertz CT molecular complexity index is 585. The number of nitrogens with two attached hydrogens (primary N) is 3. The lowest BCUT2D eigenvalue weighted by Gasteiger charge is -2.08. The summed E-state index contributed by atoms with van der Waals surface area (Å²) in [5.41, 5.74) is 4.80. The van der Waals surface area contributed by atoms with Gasteiger partial charge in [0.25, 0.3) is 0 Å². The van der Waals surface area contributed by atoms with E-state index in [0.717, 1.165) is 12.1 Å². The molecular formula is C6H8ClN3O4S2. The Balaban J connectivity index is 3.78. The van der Waals surface area contributed by atoms with Crippen LogP contribution in [0.2, 0.25) is 5.02 Å². The maximum absolute atomic E-state index is 11.1. The van der Waals surface area contributed by atoms with Crippen LogP contribution in [0.5, 0.6) is 0 Å². The minimum absolute atomic E-state index is 0.151. The molecule has 0 unspecified atom stereocenters. The highest BCUT2D eigenvalue weighted by Gasteiger charge is 2.21. The lowest BCUT2D eigenvalue weighted by atomic mass is 10.3. The molecule has 0 saturated carbocycles. The summed E-state index contributed by atoms with van der Waals surface area (Å²) in [6, 6.07) is 1.89. The maximum atomic E-state index is 11.1. The quantitative estimate of drug-likeness (QED) is 0.610. The van der Waals surface area contributed by atoms with Gasteiger partial charge in [-0.05, 0) is 12.1 Å². The van der Waals surface area contributed by atoms with Crippen LogP contribution in [0.4, 0.5) is 5.69 Å². The zero-order valence-electron chi connectivity index (χ0n) is 7.71. The molecule has 0 fully saturated rings. The normalized spacial score (nSPS) is 12.7. The number of hydrogen-bond donors (Lipinski definition) is 3. The molecule has 6 N–H and O–H groups in total. The van der Waals surface area contributed by atoms with E-state index in [1.807, 2.05) is 0 Å². The van der Waals surface area contributed by atoms with Crippen LogP contribution in [0, 0.1) is 0 Å². The molecule has 10 heteroatoms. The van der Waals surface area contributed by atoms with E-state index in [9.17, 15) is 16.8 Å². The van der Waals surface area contributed by atoms with E-state index < -0.39 is 35.5 Å². The Morgan fingerprint density at radius 3 is 1.50 bits per heavy atom. The first-order valence-corrected chi connectivity index (χ1v) is 7.15. The topological polar surface area (TPSA) is 146 Å². The van der Waals surface area contributed by atoms with E-state index in [1.165, 1.54) is 0 Å². The molecule has 1 aromatic carbocycles. The number of hydrogen-bond acceptors (Lipinski definition) is 5. The average Bonchev–Trinajstić information content (AvgIpc) is 2.04. The summed E-state index contributed by atoms with van der Waals surface area (Å²) < 4.78 is 44.4. The zero-order valence-corrected chi connectivity index (χ0v) is 10.1. The molecule has 16 heavy (non-hydrogen) atoms. The van der Waals surface area contributed by atoms with Gasteiger partial charge in [0.15, 0.2) is 0 Å². The molecule has 0 saturated heterocycles. The lowest BCUT2D eigenvalue weighted by molar-refractivity contribution is 0.597. The van der Waals surface area contributed by atoms with Gasteiger partial charge in [-0.1, -0.05) is 11.6 Å². The van der Waals surface area contributed by atoms with E-state index in [0.29, 0.717) is 0 Å². The molecule has 0 amide bonds. The highest BCUT2D eigenvalue weighted by molar-refractivity contribution is 7.90. The third-order valence-corrected chi connectivity index (χ3v) is 3.80. The molecule has 0 aliphatic carbocycles. The predicted octanol–water partition coefficient (Wildman–Crippen LogP) is -0.783. The standard InChI is InChI=1S/C6H8ClN3O4S2/c7-3-1-4(15(9,11)12)6(8)5(2-3)16(10,13)14/h1-2H,8H2,(H2,9,11,12)(H2,10,13,14). The third kappa shape index (κ3) is 2.62. The maximum Gasteiger partial charge on any atom is 0.240 e. The van der Waals surface area contributed by atoms with Crippen molar-refractivity contribution in [2.75, 3.05) is 5.73 Å². The largest absolute Gasteiger partial charge is 0.397 e. The van der Waals surface area contributed by atoms with Crippen molar-refractivity contribution in [2.24, 2.45) is 10.3 Å². The summed E-state index contributed by atoms with van der Waals surface area (Å²) in [6.07, 6.45) is 0. The van der Waals surface area contributed by atoms with Gasteiger partial charge < -0.3 is 5.73 Å². The molecule has 0 atom stereocenters. The number of benzene rings is 1. The number of nitrogen functional groups attached to an aromatic ring is 1. The number of sulfonamides is 2. The van der Waals surface area contributed by atoms with Crippen molar-refractivity contribution in [3.63, 3.8) is 0 Å². The van der Waals surface area contributed by atoms with Gasteiger partial charge in [0.1, 0.15) is 9.79 Å². The molecule has 90 valence electrons. The highest BCUT2D eigenvalue weighted by Crippen LogP contribution is 2.28. The Hall–Kier alpha value is -0.870. The number of anilines is 1. The third-order valence-electron chi connectivity index (χ3n) is 1.68. The second-order valence-electron chi connectivity index (χ2n) is 2.91. The van der Waals surface area contributed by atoms with Gasteiger partial charge in [-0.25, -0.2) is 27.1 Å². The number of halogens is 1. The predicted molar refractivity (Wildman–Crippen MR) is 58.6 cm³/mol. The van der Waals surface area contributed by atoms with Crippen molar-refractivity contribution in [1.82, 2.24) is 0 Å². The Kier molecular flexibility index (Phi) is 3.18. The Morgan fingerprint density at radius 2 is 1.25 bits per heavy atom. The van der Waals surface area contributed by atoms with Crippen LogP contribution in [0.3, 0.4) is 0 Å². The van der Waals surface area contributed by atoms with E-state index in [-0.39, 0.29) is 5.02 Å². The lowest BCUT2D eigenvalue weighted by Crippen LogP contribution is -2.19. The summed E-state index contributed by atoms with van der Waals surface area (Å²) in [5, 5.41) is 9.52. The summed E-state index contributed by atoms with van der Waals surface area (Å²) in [7, 11) is -8.34. The van der Waals surface area contributed by atoms with Crippen molar-refractivity contribution in [3.8, 4) is 0 Å². The van der Waals surface area contributed by atoms with Crippen molar-refractivity contribution >= 4 is 37.3 Å². The zero-order chi connectivity index (χ0) is 12.7. The van der Waals surface area contributed by atoms with Crippen molar-refractivity contribution in [3.05, 3.63) is 17.2 Å². The molecule has 0 aromatic heterocycles. The molecule has 0 bridgehead atoms. The van der Waals surface area contributed by atoms with Crippen LogP contribution >= 0.6 is 11.6 Å². The smallest absolute Gasteiger partial charge is 0.240 e. The highest BCUT2D eigenvalue weighted by atomic mass is 35.5. The summed E-state index contributed by atoms with van der Waals surface area (Å²) >= 11 is 5.54. The van der Waals surface area contributed by atoms with Gasteiger partial charge in [0, 0.05) is 5.02 Å². The van der Waals surface area contributed by atoms with Crippen molar-refractivity contribution < 1.29 is 16.8 Å². The minimum atomic E-state index is -4.17. The van der Waals surface area contributed by atoms with Crippen molar-refractivity contribution in [1.29, 1.82) is 0 Å². The van der Waals surface area contributed by atoms with Gasteiger partial charge in [-0.3, -0.25) is 0 Å². The molecule has 0 radical (unpaired) electrons. The second kappa shape index (κ2) is 3.86. The first kappa shape index (κ1) is 13.2. The minimum Gasteiger partial charge on any atom is -0.397 e. The fourth-order valence-corrected chi connectivity index (χ4v) is 2.87. The van der Waals surface area contributed by atoms with Gasteiger partial charge >= 0.3 is 0 Å². The van der Waals surface area contributed by atoms with E-state index >= 15 is 0 Å². The van der Waals surface area contributed by atoms with E-state index in [2.05, 4.69) is 0 Å². The van der Waals surface area contributed by atoms with Crippen LogP contribution in [0.25, 0.3) is 0 Å². The van der Waals surface area contributed by atoms with Crippen LogP contribution in [-0.2, 0) is 20.0 Å². The molecule has 0 heterocycles. The average molecular weight is 286 g/mol. The van der Waals surface area contributed by atoms with Crippen LogP contribution in [0.15, 0.2) is 21.9 Å². The first-order chi connectivity index (χ1) is 7.03. The van der Waals surface area contributed by atoms with E-state index in [4.69, 9.17) is 27.6 Å². The summed E-state index contributed by atoms with van der Waals surface area (Å²) in [6.45, 7) is 0. The van der Waals surface area contributed by atoms with Crippen LogP contribution in [-0.4, -0.2) is 16.8 Å². The van der Waals surface area contributed by atoms with Crippen LogP contribution in [0.1, 0.15) is 0 Å². The van der Waals surface area contributed by atoms with E-state index in [1.54, 1.807) is 0 Å². The SMILES string of the molecule is Nc1c(S(N)(=O)=O)cc(Cl)cc1S(N)(=O)=O.